The standard InChI is InChI=1S/C22H22ClF3N6O2/c23-22(25,26)34-16-3-1-15(2-4-16)30-20(33)14-11-17(18-5-8-29-31-18)19(28-12-14)32-9-6-21(24,13-27)7-10-32/h1-5,8,11-12H,6-7,9-10,13,27H2,(H,29,31)(H,30,33). The molecular weight excluding hydrogens is 473 g/mol. The fourth-order valence-corrected chi connectivity index (χ4v) is 3.79. The predicted molar refractivity (Wildman–Crippen MR) is 122 cm³/mol. The number of alkyl halides is 4. The molecule has 0 atom stereocenters. The molecule has 0 spiro atoms. The van der Waals surface area contributed by atoms with E-state index in [9.17, 15) is 18.0 Å². The Hall–Kier alpha value is -3.31. The molecule has 0 aliphatic carbocycles. The summed E-state index contributed by atoms with van der Waals surface area (Å²) in [5.74, 6) is -0.0110. The molecule has 34 heavy (non-hydrogen) atoms. The Labute approximate surface area is 198 Å². The number of hydrogen-bond acceptors (Lipinski definition) is 6. The third-order valence-electron chi connectivity index (χ3n) is 5.59. The molecule has 4 N–H and O–H groups in total. The van der Waals surface area contributed by atoms with E-state index >= 15 is 0 Å². The molecule has 1 fully saturated rings. The average Bonchev–Trinajstić information content (AvgIpc) is 3.34. The number of halogens is 4. The highest BCUT2D eigenvalue weighted by Gasteiger charge is 2.34. The number of pyridine rings is 1. The van der Waals surface area contributed by atoms with Gasteiger partial charge in [-0.3, -0.25) is 9.89 Å². The molecule has 3 heterocycles. The van der Waals surface area contributed by atoms with E-state index in [4.69, 9.17) is 17.3 Å². The second kappa shape index (κ2) is 9.51. The number of nitrogens with two attached hydrogens (primary N) is 1. The molecule has 1 saturated heterocycles. The SMILES string of the molecule is NCC1(F)CCN(c2ncc(C(=O)Nc3ccc(OC(F)(F)Cl)cc3)cc2-c2ccn[nH]2)CC1. The Morgan fingerprint density at radius 1 is 1.26 bits per heavy atom. The minimum atomic E-state index is -3.83. The number of aromatic nitrogens is 3. The van der Waals surface area contributed by atoms with Gasteiger partial charge in [-0.15, -0.1) is 8.78 Å². The van der Waals surface area contributed by atoms with E-state index in [0.717, 1.165) is 0 Å². The van der Waals surface area contributed by atoms with Crippen LogP contribution >= 0.6 is 11.6 Å². The van der Waals surface area contributed by atoms with Crippen LogP contribution in [0.5, 0.6) is 5.75 Å². The van der Waals surface area contributed by atoms with Gasteiger partial charge in [-0.05, 0) is 36.4 Å². The number of nitrogens with one attached hydrogen (secondary N) is 2. The van der Waals surface area contributed by atoms with Gasteiger partial charge in [0, 0.05) is 67.7 Å². The monoisotopic (exact) mass is 494 g/mol. The number of piperidine rings is 1. The van der Waals surface area contributed by atoms with Crippen molar-refractivity contribution >= 4 is 29.0 Å². The molecule has 12 heteroatoms. The fraction of sp³-hybridized carbons (Fsp3) is 0.318. The maximum atomic E-state index is 14.6. The first-order chi connectivity index (χ1) is 16.2. The van der Waals surface area contributed by atoms with Crippen molar-refractivity contribution in [1.82, 2.24) is 15.2 Å². The lowest BCUT2D eigenvalue weighted by atomic mass is 9.93. The van der Waals surface area contributed by atoms with Crippen LogP contribution in [0.2, 0.25) is 0 Å². The summed E-state index contributed by atoms with van der Waals surface area (Å²) in [6.07, 6.45) is 3.57. The maximum absolute atomic E-state index is 14.6. The molecule has 1 aromatic carbocycles. The van der Waals surface area contributed by atoms with Crippen LogP contribution in [0, 0.1) is 0 Å². The van der Waals surface area contributed by atoms with Crippen molar-refractivity contribution in [3.05, 3.63) is 54.4 Å². The Bertz CT molecular complexity index is 1130. The topological polar surface area (TPSA) is 109 Å². The molecule has 1 aliphatic rings. The maximum Gasteiger partial charge on any atom is 0.487 e. The summed E-state index contributed by atoms with van der Waals surface area (Å²) in [5.41, 5.74) is 2.27. The normalized spacial score (nSPS) is 15.7. The first-order valence-electron chi connectivity index (χ1n) is 10.5. The summed E-state index contributed by atoms with van der Waals surface area (Å²) < 4.78 is 44.3. The van der Waals surface area contributed by atoms with Crippen LogP contribution in [-0.4, -0.2) is 52.0 Å². The number of benzene rings is 1. The van der Waals surface area contributed by atoms with E-state index < -0.39 is 17.1 Å². The van der Waals surface area contributed by atoms with Crippen LogP contribution in [0.3, 0.4) is 0 Å². The molecule has 0 radical (unpaired) electrons. The van der Waals surface area contributed by atoms with E-state index in [1.165, 1.54) is 30.5 Å². The molecular formula is C22H22ClF3N6O2. The second-order valence-corrected chi connectivity index (χ2v) is 8.37. The zero-order chi connectivity index (χ0) is 24.3. The Morgan fingerprint density at radius 2 is 1.97 bits per heavy atom. The number of anilines is 2. The number of nitrogens with zero attached hydrogens (tertiary/aromatic N) is 3. The Morgan fingerprint density at radius 3 is 2.56 bits per heavy atom. The fourth-order valence-electron chi connectivity index (χ4n) is 3.70. The van der Waals surface area contributed by atoms with Crippen LogP contribution in [0.1, 0.15) is 23.2 Å². The summed E-state index contributed by atoms with van der Waals surface area (Å²) in [4.78, 5) is 19.3. The van der Waals surface area contributed by atoms with Crippen LogP contribution in [0.25, 0.3) is 11.3 Å². The highest BCUT2D eigenvalue weighted by atomic mass is 35.5. The third kappa shape index (κ3) is 5.60. The molecule has 0 bridgehead atoms. The molecule has 1 amide bonds. The van der Waals surface area contributed by atoms with Gasteiger partial charge in [0.2, 0.25) is 0 Å². The van der Waals surface area contributed by atoms with E-state index in [1.807, 2.05) is 4.90 Å². The third-order valence-corrected chi connectivity index (χ3v) is 5.67. The number of carbonyl (C=O) groups is 1. The number of ether oxygens (including phenoxy) is 1. The van der Waals surface area contributed by atoms with Gasteiger partial charge in [0.05, 0.1) is 11.3 Å². The summed E-state index contributed by atoms with van der Waals surface area (Å²) in [6.45, 7) is 0.842. The lowest BCUT2D eigenvalue weighted by molar-refractivity contribution is -0.0964. The van der Waals surface area contributed by atoms with Gasteiger partial charge in [0.1, 0.15) is 17.2 Å². The lowest BCUT2D eigenvalue weighted by Crippen LogP contribution is -2.46. The van der Waals surface area contributed by atoms with Crippen LogP contribution in [0.15, 0.2) is 48.8 Å². The van der Waals surface area contributed by atoms with Crippen molar-refractivity contribution in [2.45, 2.75) is 24.1 Å². The number of rotatable bonds is 7. The first kappa shape index (κ1) is 23.8. The van der Waals surface area contributed by atoms with Crippen molar-refractivity contribution < 1.29 is 22.7 Å². The molecule has 1 aliphatic heterocycles. The zero-order valence-corrected chi connectivity index (χ0v) is 18.7. The lowest BCUT2D eigenvalue weighted by Gasteiger charge is -2.37. The van der Waals surface area contributed by atoms with Crippen molar-refractivity contribution in [3.63, 3.8) is 0 Å². The number of amides is 1. The van der Waals surface area contributed by atoms with Crippen molar-refractivity contribution in [1.29, 1.82) is 0 Å². The number of aromatic amines is 1. The predicted octanol–water partition coefficient (Wildman–Crippen LogP) is 4.16. The van der Waals surface area contributed by atoms with Crippen molar-refractivity contribution in [2.24, 2.45) is 5.73 Å². The quantitative estimate of drug-likeness (QED) is 0.426. The van der Waals surface area contributed by atoms with Gasteiger partial charge in [0.15, 0.2) is 0 Å². The molecule has 180 valence electrons. The van der Waals surface area contributed by atoms with Crippen molar-refractivity contribution in [2.75, 3.05) is 29.9 Å². The van der Waals surface area contributed by atoms with Gasteiger partial charge in [-0.2, -0.15) is 5.10 Å². The van der Waals surface area contributed by atoms with Gasteiger partial charge in [-0.25, -0.2) is 9.37 Å². The van der Waals surface area contributed by atoms with Crippen molar-refractivity contribution in [3.8, 4) is 17.0 Å². The first-order valence-corrected chi connectivity index (χ1v) is 10.8. The zero-order valence-electron chi connectivity index (χ0n) is 17.9. The molecule has 4 rings (SSSR count). The molecule has 0 unspecified atom stereocenters. The van der Waals surface area contributed by atoms with E-state index in [0.29, 0.717) is 35.9 Å². The highest BCUT2D eigenvalue weighted by molar-refractivity contribution is 6.20. The summed E-state index contributed by atoms with van der Waals surface area (Å²) in [5, 5.41) is 9.53. The van der Waals surface area contributed by atoms with Gasteiger partial charge >= 0.3 is 5.57 Å². The van der Waals surface area contributed by atoms with Gasteiger partial charge in [-0.1, -0.05) is 0 Å². The highest BCUT2D eigenvalue weighted by Crippen LogP contribution is 2.34. The smallest absolute Gasteiger partial charge is 0.420 e. The van der Waals surface area contributed by atoms with Crippen LogP contribution in [-0.2, 0) is 0 Å². The molecule has 0 saturated carbocycles. The minimum absolute atomic E-state index is 0.0256. The second-order valence-electron chi connectivity index (χ2n) is 7.93. The Kier molecular flexibility index (Phi) is 6.67. The summed E-state index contributed by atoms with van der Waals surface area (Å²) in [6, 6.07) is 8.73. The number of H-pyrrole nitrogens is 1. The summed E-state index contributed by atoms with van der Waals surface area (Å²) >= 11 is 4.75. The molecule has 2 aromatic heterocycles. The van der Waals surface area contributed by atoms with Crippen LogP contribution < -0.4 is 20.7 Å². The number of carbonyl (C=O) groups excluding carboxylic acids is 1. The van der Waals surface area contributed by atoms with E-state index in [1.54, 1.807) is 18.3 Å². The summed E-state index contributed by atoms with van der Waals surface area (Å²) in [7, 11) is 0. The van der Waals surface area contributed by atoms with Crippen LogP contribution in [0.4, 0.5) is 24.7 Å². The largest absolute Gasteiger partial charge is 0.487 e. The van der Waals surface area contributed by atoms with E-state index in [2.05, 4.69) is 25.2 Å². The molecule has 8 nitrogen and oxygen atoms in total. The van der Waals surface area contributed by atoms with Gasteiger partial charge < -0.3 is 20.7 Å². The van der Waals surface area contributed by atoms with E-state index in [-0.39, 0.29) is 30.7 Å². The average molecular weight is 495 g/mol. The number of hydrogen-bond donors (Lipinski definition) is 3. The van der Waals surface area contributed by atoms with Gasteiger partial charge in [0.25, 0.3) is 5.91 Å². The minimum Gasteiger partial charge on any atom is -0.420 e. The Balaban J connectivity index is 1.54. The molecule has 3 aromatic rings.